The Bertz CT molecular complexity index is 1240. The Labute approximate surface area is 220 Å². The van der Waals surface area contributed by atoms with Crippen molar-refractivity contribution in [3.8, 4) is 11.5 Å². The van der Waals surface area contributed by atoms with E-state index < -0.39 is 11.8 Å². The lowest BCUT2D eigenvalue weighted by Crippen LogP contribution is -2.42. The number of Topliss-reactive ketones (excluding diaryl/α,β-unsaturated/α-hetero) is 1. The van der Waals surface area contributed by atoms with Gasteiger partial charge in [-0.3, -0.25) is 9.59 Å². The van der Waals surface area contributed by atoms with Crippen molar-refractivity contribution in [3.05, 3.63) is 82.2 Å². The number of nitrogens with one attached hydrogen (secondary N) is 1. The minimum Gasteiger partial charge on any atom is -0.464 e. The van der Waals surface area contributed by atoms with Gasteiger partial charge in [-0.15, -0.1) is 0 Å². The second-order valence-corrected chi connectivity index (χ2v) is 10.8. The predicted molar refractivity (Wildman–Crippen MR) is 140 cm³/mol. The van der Waals surface area contributed by atoms with Gasteiger partial charge in [0.2, 0.25) is 6.79 Å². The molecule has 0 bridgehead atoms. The number of hydrogen-bond donors (Lipinski definition) is 1. The van der Waals surface area contributed by atoms with Crippen molar-refractivity contribution in [2.45, 2.75) is 31.6 Å². The Hall–Kier alpha value is -2.90. The number of fused-ring (bicyclic) bond motifs is 1. The molecule has 3 atom stereocenters. The molecule has 0 radical (unpaired) electrons. The smallest absolute Gasteiger partial charge is 0.315 e. The first-order chi connectivity index (χ1) is 17.5. The van der Waals surface area contributed by atoms with Gasteiger partial charge in [-0.25, -0.2) is 0 Å². The number of esters is 1. The summed E-state index contributed by atoms with van der Waals surface area (Å²) in [7, 11) is 0. The van der Waals surface area contributed by atoms with Crippen molar-refractivity contribution in [1.29, 1.82) is 0 Å². The van der Waals surface area contributed by atoms with E-state index in [1.165, 1.54) is 0 Å². The van der Waals surface area contributed by atoms with E-state index in [-0.39, 0.29) is 24.5 Å². The summed E-state index contributed by atoms with van der Waals surface area (Å²) in [6.07, 6.45) is 0.909. The number of thioether (sulfide) groups is 1. The van der Waals surface area contributed by atoms with E-state index >= 15 is 0 Å². The molecule has 2 heterocycles. The van der Waals surface area contributed by atoms with Gasteiger partial charge in [-0.1, -0.05) is 49.4 Å². The van der Waals surface area contributed by atoms with E-state index in [1.54, 1.807) is 11.8 Å². The SMILES string of the molecule is C=C1NC2=C(C(=O)CC(c3ccccc3Cl)C2)C(c2ccc3c(c2)OCO3)C1C(=O)OCCSCC. The van der Waals surface area contributed by atoms with Crippen molar-refractivity contribution in [1.82, 2.24) is 5.32 Å². The fourth-order valence-corrected chi connectivity index (χ4v) is 6.03. The summed E-state index contributed by atoms with van der Waals surface area (Å²) in [5.41, 5.74) is 3.66. The molecule has 6 nitrogen and oxygen atoms in total. The maximum Gasteiger partial charge on any atom is 0.315 e. The van der Waals surface area contributed by atoms with Gasteiger partial charge in [0.15, 0.2) is 17.3 Å². The van der Waals surface area contributed by atoms with E-state index in [4.69, 9.17) is 25.8 Å². The van der Waals surface area contributed by atoms with Crippen LogP contribution >= 0.6 is 23.4 Å². The van der Waals surface area contributed by atoms with Crippen molar-refractivity contribution in [3.63, 3.8) is 0 Å². The molecule has 0 spiro atoms. The summed E-state index contributed by atoms with van der Waals surface area (Å²) in [6, 6.07) is 13.2. The summed E-state index contributed by atoms with van der Waals surface area (Å²) in [4.78, 5) is 27.1. The van der Waals surface area contributed by atoms with Crippen LogP contribution in [0.1, 0.15) is 42.7 Å². The van der Waals surface area contributed by atoms with Crippen LogP contribution in [0.2, 0.25) is 5.02 Å². The number of carbonyl (C=O) groups is 2. The maximum atomic E-state index is 13.7. The van der Waals surface area contributed by atoms with Crippen molar-refractivity contribution in [2.24, 2.45) is 5.92 Å². The highest BCUT2D eigenvalue weighted by molar-refractivity contribution is 7.99. The van der Waals surface area contributed by atoms with Crippen LogP contribution in [0.3, 0.4) is 0 Å². The lowest BCUT2D eigenvalue weighted by Gasteiger charge is -2.40. The van der Waals surface area contributed by atoms with Crippen LogP contribution in [0, 0.1) is 5.92 Å². The first-order valence-electron chi connectivity index (χ1n) is 12.1. The molecule has 0 saturated carbocycles. The average molecular weight is 526 g/mol. The third-order valence-electron chi connectivity index (χ3n) is 6.87. The third-order valence-corrected chi connectivity index (χ3v) is 8.08. The van der Waals surface area contributed by atoms with E-state index in [0.29, 0.717) is 47.2 Å². The molecule has 2 aromatic carbocycles. The van der Waals surface area contributed by atoms with Gasteiger partial charge < -0.3 is 19.5 Å². The monoisotopic (exact) mass is 525 g/mol. The minimum atomic E-state index is -0.739. The number of hydrogen-bond acceptors (Lipinski definition) is 7. The van der Waals surface area contributed by atoms with Crippen LogP contribution in [-0.4, -0.2) is 36.7 Å². The molecular formula is C28H28ClNO5S. The zero-order chi connectivity index (χ0) is 25.2. The number of carbonyl (C=O) groups excluding carboxylic acids is 2. The molecule has 3 aliphatic rings. The fourth-order valence-electron chi connectivity index (χ4n) is 5.25. The topological polar surface area (TPSA) is 73.9 Å². The number of allylic oxidation sites excluding steroid dienone is 2. The van der Waals surface area contributed by atoms with Crippen molar-refractivity contribution in [2.75, 3.05) is 24.9 Å². The average Bonchev–Trinajstić information content (AvgIpc) is 3.34. The molecule has 2 aliphatic heterocycles. The van der Waals surface area contributed by atoms with Crippen LogP contribution in [-0.2, 0) is 14.3 Å². The molecule has 1 aliphatic carbocycles. The van der Waals surface area contributed by atoms with Gasteiger partial charge in [-0.05, 0) is 47.4 Å². The number of benzene rings is 2. The molecule has 2 aromatic rings. The Morgan fingerprint density at radius 1 is 1.19 bits per heavy atom. The third kappa shape index (κ3) is 4.74. The van der Waals surface area contributed by atoms with Crippen LogP contribution in [0.5, 0.6) is 11.5 Å². The molecular weight excluding hydrogens is 498 g/mol. The van der Waals surface area contributed by atoms with Crippen LogP contribution in [0.25, 0.3) is 0 Å². The van der Waals surface area contributed by atoms with Crippen LogP contribution in [0.15, 0.2) is 66.0 Å². The Kier molecular flexibility index (Phi) is 7.30. The standard InChI is InChI=1S/C28H28ClNO5S/c1-3-36-11-10-33-28(32)25-16(2)30-21-12-18(19-6-4-5-7-20(19)29)13-22(31)27(21)26(25)17-8-9-23-24(14-17)35-15-34-23/h4-9,14,18,25-26,30H,2-3,10-13,15H2,1H3. The molecule has 5 rings (SSSR count). The van der Waals surface area contributed by atoms with Gasteiger partial charge in [0.05, 0.1) is 0 Å². The summed E-state index contributed by atoms with van der Waals surface area (Å²) in [6.45, 7) is 6.71. The molecule has 36 heavy (non-hydrogen) atoms. The Balaban J connectivity index is 1.53. The highest BCUT2D eigenvalue weighted by Crippen LogP contribution is 2.49. The second-order valence-electron chi connectivity index (χ2n) is 9.02. The van der Waals surface area contributed by atoms with E-state index in [9.17, 15) is 9.59 Å². The number of halogens is 1. The highest BCUT2D eigenvalue weighted by Gasteiger charge is 2.46. The normalized spacial score (nSPS) is 22.8. The molecule has 0 fully saturated rings. The highest BCUT2D eigenvalue weighted by atomic mass is 35.5. The zero-order valence-electron chi connectivity index (χ0n) is 20.1. The minimum absolute atomic E-state index is 0.0109. The lowest BCUT2D eigenvalue weighted by molar-refractivity contribution is -0.147. The maximum absolute atomic E-state index is 13.7. The van der Waals surface area contributed by atoms with Gasteiger partial charge in [0, 0.05) is 40.1 Å². The van der Waals surface area contributed by atoms with E-state index in [1.807, 2.05) is 42.5 Å². The quantitative estimate of drug-likeness (QED) is 0.373. The van der Waals surface area contributed by atoms with Gasteiger partial charge in [0.25, 0.3) is 0 Å². The van der Waals surface area contributed by atoms with Crippen molar-refractivity contribution < 1.29 is 23.8 Å². The first-order valence-corrected chi connectivity index (χ1v) is 13.6. The number of rotatable bonds is 7. The van der Waals surface area contributed by atoms with Crippen molar-refractivity contribution >= 4 is 35.1 Å². The largest absolute Gasteiger partial charge is 0.464 e. The zero-order valence-corrected chi connectivity index (χ0v) is 21.6. The van der Waals surface area contributed by atoms with E-state index in [2.05, 4.69) is 18.8 Å². The molecule has 1 N–H and O–H groups in total. The molecule has 0 aromatic heterocycles. The fraction of sp³-hybridized carbons (Fsp3) is 0.357. The molecule has 0 amide bonds. The molecule has 0 saturated heterocycles. The Morgan fingerprint density at radius 2 is 2.00 bits per heavy atom. The first kappa shape index (κ1) is 24.8. The summed E-state index contributed by atoms with van der Waals surface area (Å²) < 4.78 is 16.7. The van der Waals surface area contributed by atoms with E-state index in [0.717, 1.165) is 28.3 Å². The summed E-state index contributed by atoms with van der Waals surface area (Å²) in [5.74, 6) is 1.18. The molecule has 3 unspecified atom stereocenters. The molecule has 8 heteroatoms. The lowest BCUT2D eigenvalue weighted by atomic mass is 9.69. The number of ether oxygens (including phenoxy) is 3. The second kappa shape index (κ2) is 10.6. The van der Waals surface area contributed by atoms with Crippen LogP contribution < -0.4 is 14.8 Å². The van der Waals surface area contributed by atoms with Gasteiger partial charge in [0.1, 0.15) is 12.5 Å². The Morgan fingerprint density at radius 3 is 2.81 bits per heavy atom. The van der Waals surface area contributed by atoms with Crippen LogP contribution in [0.4, 0.5) is 0 Å². The molecule has 188 valence electrons. The number of ketones is 1. The summed E-state index contributed by atoms with van der Waals surface area (Å²) >= 11 is 8.18. The van der Waals surface area contributed by atoms with Gasteiger partial charge >= 0.3 is 5.97 Å². The predicted octanol–water partition coefficient (Wildman–Crippen LogP) is 5.58. The van der Waals surface area contributed by atoms with Gasteiger partial charge in [-0.2, -0.15) is 11.8 Å². The summed E-state index contributed by atoms with van der Waals surface area (Å²) in [5, 5.41) is 3.96.